The smallest absolute Gasteiger partial charge is 0.270 e. The molecule has 1 unspecified atom stereocenters. The van der Waals surface area contributed by atoms with Gasteiger partial charge in [-0.05, 0) is 36.1 Å². The van der Waals surface area contributed by atoms with Gasteiger partial charge in [-0.25, -0.2) is 4.39 Å². The van der Waals surface area contributed by atoms with E-state index < -0.39 is 10.8 Å². The van der Waals surface area contributed by atoms with Crippen molar-refractivity contribution < 1.29 is 14.1 Å². The number of carbonyl (C=O) groups excluding carboxylic acids is 1. The lowest BCUT2D eigenvalue weighted by atomic mass is 10.1. The molecule has 1 aliphatic carbocycles. The molecule has 0 aromatic heterocycles. The SMILES string of the molecule is CN(C)c1ccc([N+](=O)[O-])cc1C(=O)NC1CCc2c(F)cccc21. The van der Waals surface area contributed by atoms with Gasteiger partial charge in [-0.1, -0.05) is 12.1 Å². The van der Waals surface area contributed by atoms with Crippen LogP contribution in [-0.4, -0.2) is 24.9 Å². The van der Waals surface area contributed by atoms with Crippen molar-refractivity contribution in [2.24, 2.45) is 0 Å². The van der Waals surface area contributed by atoms with Gasteiger partial charge in [0.25, 0.3) is 11.6 Å². The third-order valence-corrected chi connectivity index (χ3v) is 4.44. The molecule has 6 nitrogen and oxygen atoms in total. The molecule has 0 aliphatic heterocycles. The summed E-state index contributed by atoms with van der Waals surface area (Å²) >= 11 is 0. The van der Waals surface area contributed by atoms with Crippen LogP contribution in [0.15, 0.2) is 36.4 Å². The van der Waals surface area contributed by atoms with Crippen molar-refractivity contribution in [2.75, 3.05) is 19.0 Å². The summed E-state index contributed by atoms with van der Waals surface area (Å²) in [5.41, 5.74) is 2.06. The van der Waals surface area contributed by atoms with E-state index in [1.807, 2.05) is 0 Å². The zero-order chi connectivity index (χ0) is 18.1. The summed E-state index contributed by atoms with van der Waals surface area (Å²) in [6.07, 6.45) is 1.16. The van der Waals surface area contributed by atoms with Gasteiger partial charge in [-0.15, -0.1) is 0 Å². The molecule has 0 fully saturated rings. The van der Waals surface area contributed by atoms with Gasteiger partial charge in [-0.3, -0.25) is 14.9 Å². The second-order valence-electron chi connectivity index (χ2n) is 6.23. The summed E-state index contributed by atoms with van der Waals surface area (Å²) in [4.78, 5) is 25.0. The zero-order valence-electron chi connectivity index (χ0n) is 14.0. The highest BCUT2D eigenvalue weighted by atomic mass is 19.1. The highest BCUT2D eigenvalue weighted by Crippen LogP contribution is 2.33. The number of hydrogen-bond acceptors (Lipinski definition) is 4. The number of fused-ring (bicyclic) bond motifs is 1. The molecule has 1 aliphatic rings. The molecule has 0 spiro atoms. The van der Waals surface area contributed by atoms with E-state index in [-0.39, 0.29) is 23.1 Å². The number of hydrogen-bond donors (Lipinski definition) is 1. The van der Waals surface area contributed by atoms with Crippen molar-refractivity contribution >= 4 is 17.3 Å². The maximum atomic E-state index is 13.8. The van der Waals surface area contributed by atoms with Crippen LogP contribution in [0.1, 0.15) is 33.9 Å². The number of nitro benzene ring substituents is 1. The molecule has 1 N–H and O–H groups in total. The van der Waals surface area contributed by atoms with Crippen LogP contribution in [0, 0.1) is 15.9 Å². The number of rotatable bonds is 4. The third kappa shape index (κ3) is 3.17. The van der Waals surface area contributed by atoms with E-state index in [9.17, 15) is 19.3 Å². The Morgan fingerprint density at radius 1 is 1.32 bits per heavy atom. The van der Waals surface area contributed by atoms with Crippen LogP contribution < -0.4 is 10.2 Å². The molecule has 2 aromatic rings. The minimum Gasteiger partial charge on any atom is -0.377 e. The quantitative estimate of drug-likeness (QED) is 0.683. The predicted octanol–water partition coefficient (Wildman–Crippen LogP) is 3.22. The summed E-state index contributed by atoms with van der Waals surface area (Å²) in [5, 5.41) is 13.9. The average molecular weight is 343 g/mol. The van der Waals surface area contributed by atoms with Crippen molar-refractivity contribution in [3.05, 3.63) is 69.0 Å². The van der Waals surface area contributed by atoms with E-state index in [0.717, 1.165) is 5.56 Å². The first-order chi connectivity index (χ1) is 11.9. The molecular weight excluding hydrogens is 325 g/mol. The fourth-order valence-corrected chi connectivity index (χ4v) is 3.21. The van der Waals surface area contributed by atoms with E-state index >= 15 is 0 Å². The van der Waals surface area contributed by atoms with E-state index in [1.54, 1.807) is 37.2 Å². The number of halogens is 1. The Labute approximate surface area is 144 Å². The van der Waals surface area contributed by atoms with E-state index in [1.165, 1.54) is 18.2 Å². The van der Waals surface area contributed by atoms with Gasteiger partial charge >= 0.3 is 0 Å². The number of carbonyl (C=O) groups is 1. The highest BCUT2D eigenvalue weighted by molar-refractivity contribution is 6.00. The molecule has 25 heavy (non-hydrogen) atoms. The van der Waals surface area contributed by atoms with E-state index in [0.29, 0.717) is 24.1 Å². The van der Waals surface area contributed by atoms with Crippen LogP contribution in [0.2, 0.25) is 0 Å². The Kier molecular flexibility index (Phi) is 4.39. The summed E-state index contributed by atoms with van der Waals surface area (Å²) in [6, 6.07) is 8.72. The largest absolute Gasteiger partial charge is 0.377 e. The van der Waals surface area contributed by atoms with Crippen molar-refractivity contribution in [1.82, 2.24) is 5.32 Å². The fraction of sp³-hybridized carbons (Fsp3) is 0.278. The lowest BCUT2D eigenvalue weighted by molar-refractivity contribution is -0.384. The first kappa shape index (κ1) is 16.9. The summed E-state index contributed by atoms with van der Waals surface area (Å²) in [7, 11) is 3.52. The Morgan fingerprint density at radius 3 is 2.76 bits per heavy atom. The van der Waals surface area contributed by atoms with Crippen molar-refractivity contribution in [3.63, 3.8) is 0 Å². The Hall–Kier alpha value is -2.96. The maximum absolute atomic E-state index is 13.8. The zero-order valence-corrected chi connectivity index (χ0v) is 14.0. The topological polar surface area (TPSA) is 75.5 Å². The molecule has 1 amide bonds. The Bertz CT molecular complexity index is 851. The molecule has 1 atom stereocenters. The number of nitrogens with zero attached hydrogens (tertiary/aromatic N) is 2. The lowest BCUT2D eigenvalue weighted by Gasteiger charge is -2.19. The first-order valence-corrected chi connectivity index (χ1v) is 7.92. The van der Waals surface area contributed by atoms with Crippen molar-refractivity contribution in [1.29, 1.82) is 0 Å². The molecule has 0 radical (unpaired) electrons. The predicted molar refractivity (Wildman–Crippen MR) is 92.4 cm³/mol. The molecule has 0 saturated carbocycles. The van der Waals surface area contributed by atoms with Crippen LogP contribution in [0.25, 0.3) is 0 Å². The van der Waals surface area contributed by atoms with Crippen LogP contribution in [0.4, 0.5) is 15.8 Å². The molecule has 2 aromatic carbocycles. The molecule has 130 valence electrons. The second-order valence-corrected chi connectivity index (χ2v) is 6.23. The molecule has 0 saturated heterocycles. The van der Waals surface area contributed by atoms with E-state index in [2.05, 4.69) is 5.32 Å². The van der Waals surface area contributed by atoms with Gasteiger partial charge in [0.2, 0.25) is 0 Å². The number of non-ortho nitro benzene ring substituents is 1. The summed E-state index contributed by atoms with van der Waals surface area (Å²) in [5.74, 6) is -0.673. The van der Waals surface area contributed by atoms with Gasteiger partial charge in [-0.2, -0.15) is 0 Å². The van der Waals surface area contributed by atoms with Gasteiger partial charge < -0.3 is 10.2 Å². The Morgan fingerprint density at radius 2 is 2.08 bits per heavy atom. The maximum Gasteiger partial charge on any atom is 0.270 e. The van der Waals surface area contributed by atoms with Crippen LogP contribution in [0.3, 0.4) is 0 Å². The second kappa shape index (κ2) is 6.51. The lowest BCUT2D eigenvalue weighted by Crippen LogP contribution is -2.29. The summed E-state index contributed by atoms with van der Waals surface area (Å²) < 4.78 is 13.8. The number of nitro groups is 1. The van der Waals surface area contributed by atoms with Crippen LogP contribution in [0.5, 0.6) is 0 Å². The number of benzene rings is 2. The fourth-order valence-electron chi connectivity index (χ4n) is 3.21. The number of anilines is 1. The first-order valence-electron chi connectivity index (χ1n) is 7.92. The standard InChI is InChI=1S/C18H18FN3O3/c1-21(2)17-9-6-11(22(24)25)10-14(17)18(23)20-16-8-7-12-13(16)4-3-5-15(12)19/h3-6,9-10,16H,7-8H2,1-2H3,(H,20,23). The molecule has 7 heteroatoms. The van der Waals surface area contributed by atoms with Gasteiger partial charge in [0, 0.05) is 31.9 Å². The minimum absolute atomic E-state index is 0.145. The molecule has 0 heterocycles. The van der Waals surface area contributed by atoms with Gasteiger partial charge in [0.1, 0.15) is 5.82 Å². The number of nitrogens with one attached hydrogen (secondary N) is 1. The molecular formula is C18H18FN3O3. The molecule has 0 bridgehead atoms. The summed E-state index contributed by atoms with van der Waals surface area (Å²) in [6.45, 7) is 0. The average Bonchev–Trinajstić information content (AvgIpc) is 2.98. The van der Waals surface area contributed by atoms with Crippen molar-refractivity contribution in [3.8, 4) is 0 Å². The normalized spacial score (nSPS) is 15.6. The van der Waals surface area contributed by atoms with Gasteiger partial charge in [0.15, 0.2) is 0 Å². The third-order valence-electron chi connectivity index (χ3n) is 4.44. The van der Waals surface area contributed by atoms with Crippen LogP contribution >= 0.6 is 0 Å². The molecule has 3 rings (SSSR count). The van der Waals surface area contributed by atoms with Crippen LogP contribution in [-0.2, 0) is 6.42 Å². The number of amides is 1. The van der Waals surface area contributed by atoms with Crippen molar-refractivity contribution in [2.45, 2.75) is 18.9 Å². The van der Waals surface area contributed by atoms with E-state index in [4.69, 9.17) is 0 Å². The Balaban J connectivity index is 1.91. The monoisotopic (exact) mass is 343 g/mol. The van der Waals surface area contributed by atoms with Gasteiger partial charge in [0.05, 0.1) is 16.5 Å². The highest BCUT2D eigenvalue weighted by Gasteiger charge is 2.27. The minimum atomic E-state index is -0.531.